The summed E-state index contributed by atoms with van der Waals surface area (Å²) in [5.74, 6) is -1.34. The van der Waals surface area contributed by atoms with Crippen LogP contribution in [0.15, 0.2) is 24.3 Å². The summed E-state index contributed by atoms with van der Waals surface area (Å²) in [6, 6.07) is 0. The van der Waals surface area contributed by atoms with Gasteiger partial charge in [-0.25, -0.2) is 0 Å². The van der Waals surface area contributed by atoms with Crippen molar-refractivity contribution >= 4 is 17.8 Å². The molecule has 2 N–H and O–H groups in total. The number of hydrogen-bond acceptors (Lipinski definition) is 4. The molecule has 0 aliphatic heterocycles. The zero-order chi connectivity index (χ0) is 32.4. The zero-order valence-electron chi connectivity index (χ0n) is 28.8. The summed E-state index contributed by atoms with van der Waals surface area (Å²) in [5.41, 5.74) is 0. The molecule has 0 rings (SSSR count). The third kappa shape index (κ3) is 32.8. The summed E-state index contributed by atoms with van der Waals surface area (Å²) in [5, 5.41) is 11.0. The Bertz CT molecular complexity index is 733. The van der Waals surface area contributed by atoms with E-state index in [9.17, 15) is 14.4 Å². The quantitative estimate of drug-likeness (QED) is 0.0433. The van der Waals surface area contributed by atoms with Gasteiger partial charge < -0.3 is 15.2 Å². The second kappa shape index (κ2) is 33.8. The van der Waals surface area contributed by atoms with Crippen molar-refractivity contribution < 1.29 is 24.2 Å². The standard InChI is InChI=1S/C38H69NO5/c1-3-5-7-9-10-11-12-13-14-15-16-17-18-19-20-21-22-23-29-33-38(43)44-35(30-26-8-6-4-2)31-27-24-25-28-32-36(40)39-34-37(41)42/h13-14,26,30,35H,3-12,15-25,27-29,31-34H2,1-2H3,(H,39,40)(H,41,42)/b14-13-,30-26-. The summed E-state index contributed by atoms with van der Waals surface area (Å²) in [7, 11) is 0. The van der Waals surface area contributed by atoms with Crippen molar-refractivity contribution in [3.8, 4) is 0 Å². The minimum atomic E-state index is -1.03. The molecule has 0 aromatic carbocycles. The first-order chi connectivity index (χ1) is 21.5. The average Bonchev–Trinajstić information content (AvgIpc) is 3.00. The summed E-state index contributed by atoms with van der Waals surface area (Å²) in [6.07, 6.45) is 39.1. The fourth-order valence-electron chi connectivity index (χ4n) is 5.29. The molecule has 0 aromatic rings. The molecule has 6 nitrogen and oxygen atoms in total. The van der Waals surface area contributed by atoms with E-state index in [4.69, 9.17) is 9.84 Å². The second-order valence-electron chi connectivity index (χ2n) is 12.5. The number of nitrogens with one attached hydrogen (secondary N) is 1. The van der Waals surface area contributed by atoms with Crippen molar-refractivity contribution in [1.82, 2.24) is 5.32 Å². The summed E-state index contributed by atoms with van der Waals surface area (Å²) in [6.45, 7) is 4.12. The molecule has 256 valence electrons. The van der Waals surface area contributed by atoms with Crippen LogP contribution in [-0.2, 0) is 19.1 Å². The number of carbonyl (C=O) groups is 3. The lowest BCUT2D eigenvalue weighted by Crippen LogP contribution is -2.28. The van der Waals surface area contributed by atoms with Crippen molar-refractivity contribution in [2.75, 3.05) is 6.54 Å². The number of esters is 1. The van der Waals surface area contributed by atoms with E-state index in [1.807, 2.05) is 0 Å². The van der Waals surface area contributed by atoms with Gasteiger partial charge in [0.1, 0.15) is 12.6 Å². The van der Waals surface area contributed by atoms with Gasteiger partial charge in [-0.2, -0.15) is 0 Å². The van der Waals surface area contributed by atoms with Crippen molar-refractivity contribution in [2.45, 2.75) is 193 Å². The molecule has 0 saturated heterocycles. The maximum Gasteiger partial charge on any atom is 0.322 e. The van der Waals surface area contributed by atoms with E-state index >= 15 is 0 Å². The van der Waals surface area contributed by atoms with Gasteiger partial charge in [-0.15, -0.1) is 0 Å². The van der Waals surface area contributed by atoms with Crippen LogP contribution in [0.5, 0.6) is 0 Å². The molecule has 0 aliphatic carbocycles. The Labute approximate surface area is 271 Å². The molecule has 0 saturated carbocycles. The first-order valence-electron chi connectivity index (χ1n) is 18.5. The number of carbonyl (C=O) groups excluding carboxylic acids is 2. The first kappa shape index (κ1) is 41.9. The molecule has 6 heteroatoms. The van der Waals surface area contributed by atoms with E-state index in [1.165, 1.54) is 96.3 Å². The lowest BCUT2D eigenvalue weighted by molar-refractivity contribution is -0.147. The lowest BCUT2D eigenvalue weighted by Gasteiger charge is -2.15. The molecule has 0 heterocycles. The van der Waals surface area contributed by atoms with Gasteiger partial charge in [0.25, 0.3) is 0 Å². The van der Waals surface area contributed by atoms with Crippen LogP contribution >= 0.6 is 0 Å². The maximum atomic E-state index is 12.5. The van der Waals surface area contributed by atoms with E-state index in [-0.39, 0.29) is 24.5 Å². The van der Waals surface area contributed by atoms with Crippen LogP contribution in [0.3, 0.4) is 0 Å². The number of carboxylic acids is 1. The van der Waals surface area contributed by atoms with Crippen LogP contribution in [0.2, 0.25) is 0 Å². The Morgan fingerprint density at radius 3 is 1.64 bits per heavy atom. The summed E-state index contributed by atoms with van der Waals surface area (Å²) >= 11 is 0. The Hall–Kier alpha value is -2.11. The Kier molecular flexibility index (Phi) is 32.2. The minimum absolute atomic E-state index is 0.0914. The van der Waals surface area contributed by atoms with Gasteiger partial charge in [0, 0.05) is 12.8 Å². The van der Waals surface area contributed by atoms with Gasteiger partial charge in [0.2, 0.25) is 5.91 Å². The van der Waals surface area contributed by atoms with Gasteiger partial charge in [0.05, 0.1) is 0 Å². The predicted molar refractivity (Wildman–Crippen MR) is 185 cm³/mol. The summed E-state index contributed by atoms with van der Waals surface area (Å²) in [4.78, 5) is 34.6. The minimum Gasteiger partial charge on any atom is -0.480 e. The maximum absolute atomic E-state index is 12.5. The monoisotopic (exact) mass is 620 g/mol. The molecule has 44 heavy (non-hydrogen) atoms. The number of hydrogen-bond donors (Lipinski definition) is 2. The van der Waals surface area contributed by atoms with Gasteiger partial charge in [-0.3, -0.25) is 14.4 Å². The highest BCUT2D eigenvalue weighted by molar-refractivity contribution is 5.80. The van der Waals surface area contributed by atoms with Crippen LogP contribution in [-0.4, -0.2) is 35.6 Å². The topological polar surface area (TPSA) is 92.7 Å². The second-order valence-corrected chi connectivity index (χ2v) is 12.5. The summed E-state index contributed by atoms with van der Waals surface area (Å²) < 4.78 is 5.82. The van der Waals surface area contributed by atoms with E-state index in [2.05, 4.69) is 43.5 Å². The number of rotatable bonds is 33. The Balaban J connectivity index is 3.83. The number of ether oxygens (including phenoxy) is 1. The van der Waals surface area contributed by atoms with Crippen LogP contribution in [0.1, 0.15) is 187 Å². The molecular formula is C38H69NO5. The van der Waals surface area contributed by atoms with E-state index in [0.29, 0.717) is 12.8 Å². The SMILES string of the molecule is CCCC/C=C\C(CCCCCCC(=O)NCC(=O)O)OC(=O)CCCCCCCCCCC/C=C\CCCCCCCC. The van der Waals surface area contributed by atoms with Gasteiger partial charge in [0.15, 0.2) is 0 Å². The Morgan fingerprint density at radius 2 is 1.07 bits per heavy atom. The molecule has 0 aliphatic rings. The molecule has 0 bridgehead atoms. The van der Waals surface area contributed by atoms with Crippen LogP contribution in [0, 0.1) is 0 Å². The van der Waals surface area contributed by atoms with Crippen molar-refractivity contribution in [1.29, 1.82) is 0 Å². The molecule has 0 fully saturated rings. The van der Waals surface area contributed by atoms with E-state index < -0.39 is 5.97 Å². The highest BCUT2D eigenvalue weighted by atomic mass is 16.5. The van der Waals surface area contributed by atoms with Crippen molar-refractivity contribution in [2.24, 2.45) is 0 Å². The molecule has 1 amide bonds. The number of amides is 1. The predicted octanol–water partition coefficient (Wildman–Crippen LogP) is 10.8. The van der Waals surface area contributed by atoms with E-state index in [1.54, 1.807) is 0 Å². The highest BCUT2D eigenvalue weighted by Crippen LogP contribution is 2.15. The molecule has 1 unspecified atom stereocenters. The van der Waals surface area contributed by atoms with Gasteiger partial charge in [-0.1, -0.05) is 135 Å². The Morgan fingerprint density at radius 1 is 0.591 bits per heavy atom. The van der Waals surface area contributed by atoms with Crippen molar-refractivity contribution in [3.05, 3.63) is 24.3 Å². The third-order valence-electron chi connectivity index (χ3n) is 8.08. The van der Waals surface area contributed by atoms with E-state index in [0.717, 1.165) is 64.2 Å². The average molecular weight is 620 g/mol. The smallest absolute Gasteiger partial charge is 0.322 e. The van der Waals surface area contributed by atoms with Gasteiger partial charge in [-0.05, 0) is 63.9 Å². The van der Waals surface area contributed by atoms with Crippen molar-refractivity contribution in [3.63, 3.8) is 0 Å². The van der Waals surface area contributed by atoms with Crippen LogP contribution in [0.25, 0.3) is 0 Å². The molecule has 1 atom stereocenters. The lowest BCUT2D eigenvalue weighted by atomic mass is 10.1. The number of unbranched alkanes of at least 4 members (excludes halogenated alkanes) is 20. The number of carboxylic acid groups (broad SMARTS) is 1. The fraction of sp³-hybridized carbons (Fsp3) is 0.816. The van der Waals surface area contributed by atoms with Crippen LogP contribution < -0.4 is 5.32 Å². The molecular weight excluding hydrogens is 550 g/mol. The fourth-order valence-corrected chi connectivity index (χ4v) is 5.29. The third-order valence-corrected chi connectivity index (χ3v) is 8.08. The largest absolute Gasteiger partial charge is 0.480 e. The van der Waals surface area contributed by atoms with Crippen LogP contribution in [0.4, 0.5) is 0 Å². The molecule has 0 radical (unpaired) electrons. The molecule has 0 spiro atoms. The number of allylic oxidation sites excluding steroid dienone is 3. The number of aliphatic carboxylic acids is 1. The van der Waals surface area contributed by atoms with Gasteiger partial charge >= 0.3 is 11.9 Å². The highest BCUT2D eigenvalue weighted by Gasteiger charge is 2.12. The normalized spacial score (nSPS) is 12.2. The zero-order valence-corrected chi connectivity index (χ0v) is 28.8. The molecule has 0 aromatic heterocycles. The first-order valence-corrected chi connectivity index (χ1v) is 18.5.